The zero-order valence-corrected chi connectivity index (χ0v) is 15.3. The summed E-state index contributed by atoms with van der Waals surface area (Å²) >= 11 is 0. The molecule has 1 saturated heterocycles. The minimum absolute atomic E-state index is 0.0391. The summed E-state index contributed by atoms with van der Waals surface area (Å²) in [6, 6.07) is 7.65. The van der Waals surface area contributed by atoms with Crippen LogP contribution in [-0.4, -0.2) is 61.8 Å². The van der Waals surface area contributed by atoms with Crippen molar-refractivity contribution in [3.63, 3.8) is 0 Å². The van der Waals surface area contributed by atoms with Gasteiger partial charge in [-0.3, -0.25) is 4.79 Å². The van der Waals surface area contributed by atoms with E-state index in [-0.39, 0.29) is 34.8 Å². The lowest BCUT2D eigenvalue weighted by Gasteiger charge is -2.34. The molecule has 0 saturated carbocycles. The highest BCUT2D eigenvalue weighted by Crippen LogP contribution is 2.37. The molecule has 3 aromatic rings. The average molecular weight is 418 g/mol. The number of phenols is 3. The Hall–Kier alpha value is -3.31. The van der Waals surface area contributed by atoms with E-state index in [2.05, 4.69) is 0 Å². The lowest BCUT2D eigenvalue weighted by molar-refractivity contribution is -0.242. The van der Waals surface area contributed by atoms with Gasteiger partial charge in [-0.15, -0.1) is 0 Å². The summed E-state index contributed by atoms with van der Waals surface area (Å²) in [5.41, 5.74) is -0.655. The summed E-state index contributed by atoms with van der Waals surface area (Å²) in [5.74, 6) is -1.50. The maximum absolute atomic E-state index is 13.1. The maximum atomic E-state index is 13.1. The number of benzene rings is 2. The molecule has 0 radical (unpaired) electrons. The minimum atomic E-state index is -1.68. The van der Waals surface area contributed by atoms with E-state index >= 15 is 0 Å². The van der Waals surface area contributed by atoms with Crippen molar-refractivity contribution in [2.45, 2.75) is 24.6 Å². The maximum Gasteiger partial charge on any atom is 0.239 e. The molecule has 0 spiro atoms. The van der Waals surface area contributed by atoms with E-state index in [4.69, 9.17) is 13.9 Å². The number of hydrogen-bond acceptors (Lipinski definition) is 10. The van der Waals surface area contributed by atoms with Gasteiger partial charge in [0.1, 0.15) is 46.5 Å². The number of fused-ring (bicyclic) bond motifs is 1. The Bertz CT molecular complexity index is 1140. The Morgan fingerprint density at radius 2 is 1.63 bits per heavy atom. The van der Waals surface area contributed by atoms with Gasteiger partial charge in [0, 0.05) is 17.7 Å². The molecule has 1 aromatic heterocycles. The number of aromatic hydroxyl groups is 3. The number of aliphatic hydroxyl groups excluding tert-OH is 3. The molecule has 30 heavy (non-hydrogen) atoms. The number of aliphatic hydroxyl groups is 3. The van der Waals surface area contributed by atoms with Gasteiger partial charge in [0.15, 0.2) is 5.76 Å². The molecule has 1 aliphatic rings. The molecule has 10 heteroatoms. The van der Waals surface area contributed by atoms with Crippen LogP contribution in [0.5, 0.6) is 23.0 Å². The molecule has 2 aromatic carbocycles. The fourth-order valence-corrected chi connectivity index (χ4v) is 3.18. The van der Waals surface area contributed by atoms with Crippen molar-refractivity contribution < 1.29 is 44.5 Å². The summed E-state index contributed by atoms with van der Waals surface area (Å²) in [4.78, 5) is 13.1. The third-order valence-electron chi connectivity index (χ3n) is 4.74. The second kappa shape index (κ2) is 7.50. The van der Waals surface area contributed by atoms with Crippen LogP contribution in [0.15, 0.2) is 45.6 Å². The average Bonchev–Trinajstić information content (AvgIpc) is 2.70. The van der Waals surface area contributed by atoms with E-state index in [9.17, 15) is 35.4 Å². The SMILES string of the molecule is O=c1c(O[C@H]2OC[C@@H](O)[C@@H](O)[C@@H]2O)c(-c2ccc(O)cc2)oc2cc(O)cc(O)c12. The molecule has 158 valence electrons. The van der Waals surface area contributed by atoms with Crippen LogP contribution in [0.25, 0.3) is 22.3 Å². The highest BCUT2D eigenvalue weighted by molar-refractivity contribution is 5.88. The summed E-state index contributed by atoms with van der Waals surface area (Å²) in [5, 5.41) is 58.7. The van der Waals surface area contributed by atoms with Gasteiger partial charge in [0.25, 0.3) is 0 Å². The topological polar surface area (TPSA) is 170 Å². The van der Waals surface area contributed by atoms with Gasteiger partial charge in [-0.05, 0) is 24.3 Å². The van der Waals surface area contributed by atoms with Gasteiger partial charge < -0.3 is 44.5 Å². The van der Waals surface area contributed by atoms with Gasteiger partial charge in [0.05, 0.1) is 6.61 Å². The molecule has 1 aliphatic heterocycles. The van der Waals surface area contributed by atoms with Crippen molar-refractivity contribution in [2.24, 2.45) is 0 Å². The van der Waals surface area contributed by atoms with Crippen LogP contribution in [-0.2, 0) is 4.74 Å². The van der Waals surface area contributed by atoms with Gasteiger partial charge >= 0.3 is 0 Å². The third kappa shape index (κ3) is 3.42. The molecule has 4 atom stereocenters. The second-order valence-corrected chi connectivity index (χ2v) is 6.84. The number of phenolic OH excluding ortho intramolecular Hbond substituents is 3. The standard InChI is InChI=1S/C20H18O10/c21-9-3-1-8(2-4-9)18-19(30-20-17(27)15(25)12(24)7-28-20)16(26)14-11(23)5-10(22)6-13(14)29-18/h1-6,12,15,17,20-25,27H,7H2/t12-,15-,17+,20-/m1/s1. The molecule has 10 nitrogen and oxygen atoms in total. The van der Waals surface area contributed by atoms with Crippen LogP contribution in [0.2, 0.25) is 0 Å². The second-order valence-electron chi connectivity index (χ2n) is 6.84. The fourth-order valence-electron chi connectivity index (χ4n) is 3.18. The molecular formula is C20H18O10. The van der Waals surface area contributed by atoms with Crippen molar-refractivity contribution >= 4 is 11.0 Å². The van der Waals surface area contributed by atoms with Crippen molar-refractivity contribution in [3.8, 4) is 34.3 Å². The molecular weight excluding hydrogens is 400 g/mol. The van der Waals surface area contributed by atoms with Gasteiger partial charge in [0.2, 0.25) is 17.5 Å². The quantitative estimate of drug-likeness (QED) is 0.350. The van der Waals surface area contributed by atoms with Gasteiger partial charge in [-0.2, -0.15) is 0 Å². The summed E-state index contributed by atoms with van der Waals surface area (Å²) in [7, 11) is 0. The first kappa shape index (κ1) is 20.0. The fraction of sp³-hybridized carbons (Fsp3) is 0.250. The smallest absolute Gasteiger partial charge is 0.239 e. The molecule has 6 N–H and O–H groups in total. The van der Waals surface area contributed by atoms with Crippen LogP contribution >= 0.6 is 0 Å². The van der Waals surface area contributed by atoms with Gasteiger partial charge in [-0.25, -0.2) is 0 Å². The first-order chi connectivity index (χ1) is 14.3. The van der Waals surface area contributed by atoms with Gasteiger partial charge in [-0.1, -0.05) is 0 Å². The summed E-state index contributed by atoms with van der Waals surface area (Å²) < 4.78 is 16.4. The van der Waals surface area contributed by atoms with E-state index in [0.29, 0.717) is 5.56 Å². The van der Waals surface area contributed by atoms with E-state index in [1.807, 2.05) is 0 Å². The van der Waals surface area contributed by atoms with E-state index in [0.717, 1.165) is 12.1 Å². The van der Waals surface area contributed by atoms with Crippen LogP contribution < -0.4 is 10.2 Å². The van der Waals surface area contributed by atoms with E-state index in [1.165, 1.54) is 24.3 Å². The van der Waals surface area contributed by atoms with Crippen molar-refractivity contribution in [1.29, 1.82) is 0 Å². The molecule has 0 aliphatic carbocycles. The zero-order valence-electron chi connectivity index (χ0n) is 15.3. The zero-order chi connectivity index (χ0) is 21.6. The van der Waals surface area contributed by atoms with Crippen LogP contribution in [0.3, 0.4) is 0 Å². The summed E-state index contributed by atoms with van der Waals surface area (Å²) in [6.07, 6.45) is -6.10. The lowest BCUT2D eigenvalue weighted by Crippen LogP contribution is -2.55. The number of hydrogen-bond donors (Lipinski definition) is 6. The first-order valence-electron chi connectivity index (χ1n) is 8.91. The molecule has 0 bridgehead atoms. The third-order valence-corrected chi connectivity index (χ3v) is 4.74. The summed E-state index contributed by atoms with van der Waals surface area (Å²) in [6.45, 7) is -0.352. The molecule has 0 unspecified atom stereocenters. The van der Waals surface area contributed by atoms with Crippen LogP contribution in [0, 0.1) is 0 Å². The Labute approximate surface area is 168 Å². The first-order valence-corrected chi connectivity index (χ1v) is 8.91. The Kier molecular flexibility index (Phi) is 5.00. The highest BCUT2D eigenvalue weighted by atomic mass is 16.7. The van der Waals surface area contributed by atoms with E-state index < -0.39 is 41.5 Å². The molecule has 2 heterocycles. The normalized spacial score (nSPS) is 24.1. The Morgan fingerprint density at radius 1 is 0.933 bits per heavy atom. The van der Waals surface area contributed by atoms with Crippen molar-refractivity contribution in [1.82, 2.24) is 0 Å². The predicted octanol–water partition coefficient (Wildman–Crippen LogP) is 0.395. The van der Waals surface area contributed by atoms with Crippen molar-refractivity contribution in [3.05, 3.63) is 46.6 Å². The largest absolute Gasteiger partial charge is 0.508 e. The van der Waals surface area contributed by atoms with Crippen LogP contribution in [0.4, 0.5) is 0 Å². The van der Waals surface area contributed by atoms with Crippen molar-refractivity contribution in [2.75, 3.05) is 6.61 Å². The Balaban J connectivity index is 1.90. The highest BCUT2D eigenvalue weighted by Gasteiger charge is 2.40. The Morgan fingerprint density at radius 3 is 2.33 bits per heavy atom. The van der Waals surface area contributed by atoms with E-state index in [1.54, 1.807) is 0 Å². The van der Waals surface area contributed by atoms with Crippen LogP contribution in [0.1, 0.15) is 0 Å². The molecule has 0 amide bonds. The molecule has 1 fully saturated rings. The number of ether oxygens (including phenoxy) is 2. The lowest BCUT2D eigenvalue weighted by atomic mass is 10.1. The molecule has 4 rings (SSSR count). The monoisotopic (exact) mass is 418 g/mol. The minimum Gasteiger partial charge on any atom is -0.508 e. The number of rotatable bonds is 3. The predicted molar refractivity (Wildman–Crippen MR) is 101 cm³/mol.